The Kier molecular flexibility index (Phi) is 5.34. The average molecular weight is 364 g/mol. The van der Waals surface area contributed by atoms with Crippen molar-refractivity contribution in [3.05, 3.63) is 47.9 Å². The molecule has 3 aromatic rings. The number of likely N-dealkylation sites (tertiary alicyclic amines) is 1. The van der Waals surface area contributed by atoms with Gasteiger partial charge in [-0.2, -0.15) is 5.10 Å². The second-order valence-corrected chi connectivity index (χ2v) is 7.49. The zero-order valence-electron chi connectivity index (χ0n) is 16.2. The molecular weight excluding hydrogens is 336 g/mol. The molecular formula is C21H28N6. The first-order valence-corrected chi connectivity index (χ1v) is 9.87. The van der Waals surface area contributed by atoms with Gasteiger partial charge in [0.15, 0.2) is 5.65 Å². The molecule has 1 aliphatic rings. The van der Waals surface area contributed by atoms with E-state index in [-0.39, 0.29) is 0 Å². The average Bonchev–Trinajstić information content (AvgIpc) is 3.07. The molecule has 0 aliphatic carbocycles. The second kappa shape index (κ2) is 8.05. The zero-order valence-corrected chi connectivity index (χ0v) is 16.2. The number of benzene rings is 1. The van der Waals surface area contributed by atoms with Crippen LogP contribution in [-0.4, -0.2) is 50.8 Å². The van der Waals surface area contributed by atoms with Crippen molar-refractivity contribution in [3.8, 4) is 0 Å². The predicted molar refractivity (Wildman–Crippen MR) is 109 cm³/mol. The van der Waals surface area contributed by atoms with Crippen LogP contribution in [0.1, 0.15) is 30.7 Å². The van der Waals surface area contributed by atoms with Crippen molar-refractivity contribution in [3.63, 3.8) is 0 Å². The van der Waals surface area contributed by atoms with Gasteiger partial charge < -0.3 is 10.2 Å². The Balaban J connectivity index is 1.53. The highest BCUT2D eigenvalue weighted by molar-refractivity contribution is 5.86. The maximum Gasteiger partial charge on any atom is 0.163 e. The van der Waals surface area contributed by atoms with E-state index in [4.69, 9.17) is 9.97 Å². The smallest absolute Gasteiger partial charge is 0.163 e. The molecule has 0 bridgehead atoms. The number of likely N-dealkylation sites (N-methyl/N-ethyl adjacent to an activating group) is 1. The molecule has 27 heavy (non-hydrogen) atoms. The molecule has 0 spiro atoms. The van der Waals surface area contributed by atoms with Crippen molar-refractivity contribution in [2.24, 2.45) is 7.05 Å². The number of hydrogen-bond acceptors (Lipinski definition) is 5. The van der Waals surface area contributed by atoms with Crippen LogP contribution in [0.5, 0.6) is 0 Å². The SMILES string of the molecule is CN1CCCC[C@H]1CNc1nc(CCc2ccccc2)nc2c1cnn2C. The first kappa shape index (κ1) is 17.9. The standard InChI is InChI=1S/C21H28N6/c1-26-13-7-6-10-17(26)14-22-20-18-15-23-27(2)21(18)25-19(24-20)12-11-16-8-4-3-5-9-16/h3-5,8-9,15,17H,6-7,10-14H2,1-2H3,(H,22,24,25)/t17-/m0/s1. The van der Waals surface area contributed by atoms with Crippen LogP contribution in [0.15, 0.2) is 36.5 Å². The van der Waals surface area contributed by atoms with Gasteiger partial charge in [-0.1, -0.05) is 36.8 Å². The van der Waals surface area contributed by atoms with Crippen molar-refractivity contribution in [2.45, 2.75) is 38.1 Å². The summed E-state index contributed by atoms with van der Waals surface area (Å²) in [5.74, 6) is 1.78. The Bertz CT molecular complexity index is 888. The molecule has 3 heterocycles. The summed E-state index contributed by atoms with van der Waals surface area (Å²) in [5, 5.41) is 8.98. The first-order chi connectivity index (χ1) is 13.2. The predicted octanol–water partition coefficient (Wildman–Crippen LogP) is 3.04. The minimum absolute atomic E-state index is 0.563. The molecule has 0 unspecified atom stereocenters. The second-order valence-electron chi connectivity index (χ2n) is 7.49. The number of nitrogens with zero attached hydrogens (tertiary/aromatic N) is 5. The largest absolute Gasteiger partial charge is 0.368 e. The summed E-state index contributed by atoms with van der Waals surface area (Å²) in [6.07, 6.45) is 7.48. The zero-order chi connectivity index (χ0) is 18.6. The summed E-state index contributed by atoms with van der Waals surface area (Å²) < 4.78 is 1.83. The van der Waals surface area contributed by atoms with E-state index in [0.29, 0.717) is 6.04 Å². The number of nitrogens with one attached hydrogen (secondary N) is 1. The van der Waals surface area contributed by atoms with Gasteiger partial charge in [-0.3, -0.25) is 4.68 Å². The molecule has 6 heteroatoms. The van der Waals surface area contributed by atoms with E-state index in [1.54, 1.807) is 0 Å². The number of piperidine rings is 1. The lowest BCUT2D eigenvalue weighted by molar-refractivity contribution is 0.194. The maximum absolute atomic E-state index is 4.84. The van der Waals surface area contributed by atoms with Crippen LogP contribution in [-0.2, 0) is 19.9 Å². The van der Waals surface area contributed by atoms with Crippen molar-refractivity contribution < 1.29 is 0 Å². The molecule has 1 atom stereocenters. The highest BCUT2D eigenvalue weighted by Crippen LogP contribution is 2.22. The number of aryl methyl sites for hydroxylation is 3. The molecule has 1 aromatic carbocycles. The Morgan fingerprint density at radius 3 is 2.74 bits per heavy atom. The summed E-state index contributed by atoms with van der Waals surface area (Å²) in [7, 11) is 4.16. The molecule has 0 amide bonds. The van der Waals surface area contributed by atoms with Crippen LogP contribution in [0.2, 0.25) is 0 Å². The Morgan fingerprint density at radius 2 is 1.93 bits per heavy atom. The van der Waals surface area contributed by atoms with Crippen LogP contribution in [0, 0.1) is 0 Å². The third kappa shape index (κ3) is 4.11. The van der Waals surface area contributed by atoms with Crippen LogP contribution in [0.25, 0.3) is 11.0 Å². The highest BCUT2D eigenvalue weighted by Gasteiger charge is 2.19. The van der Waals surface area contributed by atoms with Crippen LogP contribution >= 0.6 is 0 Å². The number of hydrogen-bond donors (Lipinski definition) is 1. The van der Waals surface area contributed by atoms with Crippen LogP contribution < -0.4 is 5.32 Å². The fraction of sp³-hybridized carbons (Fsp3) is 0.476. The minimum Gasteiger partial charge on any atom is -0.368 e. The first-order valence-electron chi connectivity index (χ1n) is 9.87. The Labute approximate surface area is 160 Å². The van der Waals surface area contributed by atoms with Gasteiger partial charge in [0.1, 0.15) is 11.6 Å². The van der Waals surface area contributed by atoms with E-state index in [1.165, 1.54) is 31.4 Å². The molecule has 1 fully saturated rings. The maximum atomic E-state index is 4.84. The molecule has 2 aromatic heterocycles. The van der Waals surface area contributed by atoms with E-state index >= 15 is 0 Å². The quantitative estimate of drug-likeness (QED) is 0.728. The molecule has 0 saturated carbocycles. The van der Waals surface area contributed by atoms with Gasteiger partial charge in [0, 0.05) is 26.1 Å². The lowest BCUT2D eigenvalue weighted by atomic mass is 10.0. The molecule has 1 aliphatic heterocycles. The number of fused-ring (bicyclic) bond motifs is 1. The van der Waals surface area contributed by atoms with Gasteiger partial charge in [0.05, 0.1) is 11.6 Å². The number of anilines is 1. The van der Waals surface area contributed by atoms with Gasteiger partial charge in [-0.05, 0) is 38.4 Å². The Hall–Kier alpha value is -2.47. The topological polar surface area (TPSA) is 58.9 Å². The number of aromatic nitrogens is 4. The lowest BCUT2D eigenvalue weighted by Crippen LogP contribution is -2.40. The molecule has 1 saturated heterocycles. The third-order valence-electron chi connectivity index (χ3n) is 5.55. The van der Waals surface area contributed by atoms with Crippen LogP contribution in [0.3, 0.4) is 0 Å². The summed E-state index contributed by atoms with van der Waals surface area (Å²) in [6, 6.07) is 11.1. The van der Waals surface area contributed by atoms with Gasteiger partial charge in [0.2, 0.25) is 0 Å². The van der Waals surface area contributed by atoms with E-state index < -0.39 is 0 Å². The molecule has 142 valence electrons. The van der Waals surface area contributed by atoms with Crippen molar-refractivity contribution in [2.75, 3.05) is 25.5 Å². The molecule has 0 radical (unpaired) electrons. The molecule has 6 nitrogen and oxygen atoms in total. The summed E-state index contributed by atoms with van der Waals surface area (Å²) in [5.41, 5.74) is 2.21. The normalized spacial score (nSPS) is 18.1. The van der Waals surface area contributed by atoms with E-state index in [0.717, 1.165) is 42.1 Å². The van der Waals surface area contributed by atoms with E-state index in [2.05, 4.69) is 46.6 Å². The summed E-state index contributed by atoms with van der Waals surface area (Å²) in [4.78, 5) is 12.1. The summed E-state index contributed by atoms with van der Waals surface area (Å²) >= 11 is 0. The van der Waals surface area contributed by atoms with Crippen molar-refractivity contribution in [1.29, 1.82) is 0 Å². The van der Waals surface area contributed by atoms with E-state index in [9.17, 15) is 0 Å². The van der Waals surface area contributed by atoms with Gasteiger partial charge in [0.25, 0.3) is 0 Å². The van der Waals surface area contributed by atoms with Gasteiger partial charge in [-0.15, -0.1) is 0 Å². The number of rotatable bonds is 6. The van der Waals surface area contributed by atoms with Gasteiger partial charge >= 0.3 is 0 Å². The molecule has 1 N–H and O–H groups in total. The van der Waals surface area contributed by atoms with Crippen LogP contribution in [0.4, 0.5) is 5.82 Å². The van der Waals surface area contributed by atoms with Gasteiger partial charge in [-0.25, -0.2) is 9.97 Å². The van der Waals surface area contributed by atoms with Crippen molar-refractivity contribution >= 4 is 16.9 Å². The lowest BCUT2D eigenvalue weighted by Gasteiger charge is -2.32. The fourth-order valence-electron chi connectivity index (χ4n) is 3.83. The molecule has 4 rings (SSSR count). The Morgan fingerprint density at radius 1 is 1.07 bits per heavy atom. The monoisotopic (exact) mass is 364 g/mol. The summed E-state index contributed by atoms with van der Waals surface area (Å²) in [6.45, 7) is 2.09. The third-order valence-corrected chi connectivity index (χ3v) is 5.55. The fourth-order valence-corrected chi connectivity index (χ4v) is 3.83. The highest BCUT2D eigenvalue weighted by atomic mass is 15.3. The van der Waals surface area contributed by atoms with E-state index in [1.807, 2.05) is 24.0 Å². The van der Waals surface area contributed by atoms with Crippen molar-refractivity contribution in [1.82, 2.24) is 24.6 Å². The minimum atomic E-state index is 0.563.